The Balaban J connectivity index is 1.36. The van der Waals surface area contributed by atoms with Crippen molar-refractivity contribution in [1.82, 2.24) is 9.88 Å². The van der Waals surface area contributed by atoms with E-state index in [9.17, 15) is 4.79 Å². The van der Waals surface area contributed by atoms with Crippen LogP contribution in [0.5, 0.6) is 0 Å². The first-order chi connectivity index (χ1) is 16.1. The lowest BCUT2D eigenvalue weighted by Gasteiger charge is -2.33. The number of H-pyrrole nitrogens is 1. The van der Waals surface area contributed by atoms with E-state index in [1.165, 1.54) is 62.6 Å². The van der Waals surface area contributed by atoms with Gasteiger partial charge >= 0.3 is 6.03 Å². The fraction of sp³-hybridized carbons (Fsp3) is 0.464. The van der Waals surface area contributed by atoms with Crippen LogP contribution in [0.4, 0.5) is 16.2 Å². The van der Waals surface area contributed by atoms with Gasteiger partial charge in [-0.15, -0.1) is 0 Å². The molecule has 0 spiro atoms. The minimum absolute atomic E-state index is 0.0588. The molecule has 0 aliphatic carbocycles. The van der Waals surface area contributed by atoms with Crippen molar-refractivity contribution >= 4 is 28.3 Å². The first kappa shape index (κ1) is 22.0. The Hall–Kier alpha value is -2.79. The Morgan fingerprint density at radius 3 is 2.70 bits per heavy atom. The van der Waals surface area contributed by atoms with Crippen molar-refractivity contribution in [3.63, 3.8) is 0 Å². The zero-order chi connectivity index (χ0) is 22.8. The van der Waals surface area contributed by atoms with Crippen LogP contribution in [0.2, 0.25) is 0 Å². The van der Waals surface area contributed by atoms with Gasteiger partial charge in [-0.3, -0.25) is 4.90 Å². The maximum Gasteiger partial charge on any atom is 0.326 e. The number of carbonyl (C=O) groups excluding carboxylic acids is 1. The molecule has 2 saturated heterocycles. The monoisotopic (exact) mass is 444 g/mol. The number of nitrogens with one attached hydrogen (secondary N) is 2. The minimum atomic E-state index is -0.0982. The van der Waals surface area contributed by atoms with E-state index in [1.807, 2.05) is 55.1 Å². The molecule has 3 heterocycles. The van der Waals surface area contributed by atoms with Gasteiger partial charge in [-0.1, -0.05) is 24.6 Å². The van der Waals surface area contributed by atoms with Crippen molar-refractivity contribution in [3.05, 3.63) is 60.3 Å². The number of amides is 2. The average Bonchev–Trinajstić information content (AvgIpc) is 3.11. The molecule has 2 atom stereocenters. The van der Waals surface area contributed by atoms with Crippen LogP contribution in [0.25, 0.3) is 10.9 Å². The average molecular weight is 445 g/mol. The molecule has 2 amide bonds. The summed E-state index contributed by atoms with van der Waals surface area (Å²) in [5.41, 5.74) is 4.31. The van der Waals surface area contributed by atoms with Crippen LogP contribution in [-0.4, -0.2) is 41.1 Å². The molecule has 2 fully saturated rings. The molecule has 5 rings (SSSR count). The number of anilines is 2. The molecule has 33 heavy (non-hydrogen) atoms. The Kier molecular flexibility index (Phi) is 6.41. The highest BCUT2D eigenvalue weighted by Crippen LogP contribution is 2.37. The summed E-state index contributed by atoms with van der Waals surface area (Å²) in [7, 11) is 0. The van der Waals surface area contributed by atoms with Gasteiger partial charge in [0.1, 0.15) is 0 Å². The largest absolute Gasteiger partial charge is 0.361 e. The quantitative estimate of drug-likeness (QED) is 0.468. The van der Waals surface area contributed by atoms with E-state index >= 15 is 0 Å². The number of urea groups is 1. The zero-order valence-corrected chi connectivity index (χ0v) is 19.9. The summed E-state index contributed by atoms with van der Waals surface area (Å²) < 4.78 is 0. The fourth-order valence-electron chi connectivity index (χ4n) is 5.83. The minimum Gasteiger partial charge on any atom is -0.361 e. The van der Waals surface area contributed by atoms with Crippen molar-refractivity contribution in [2.75, 3.05) is 23.3 Å². The first-order valence-corrected chi connectivity index (χ1v) is 12.6. The Labute approximate surface area is 197 Å². The van der Waals surface area contributed by atoms with Gasteiger partial charge < -0.3 is 15.2 Å². The third-order valence-electron chi connectivity index (χ3n) is 7.54. The standard InChI is InChI=1S/C28H36N4O/c1-20(2)32(24-9-4-3-5-10-24)28(33)30-22-12-14-27-25(18-22)26(19-29-27)21-11-13-23-8-6-7-16-31(23)17-15-21/h3-5,9-10,12,14,18-21,23,29H,6-8,11,13,15-17H2,1-2H3,(H,30,33). The maximum atomic E-state index is 13.2. The molecule has 0 radical (unpaired) electrons. The summed E-state index contributed by atoms with van der Waals surface area (Å²) in [5.74, 6) is 0.576. The fourth-order valence-corrected chi connectivity index (χ4v) is 5.83. The number of benzene rings is 2. The van der Waals surface area contributed by atoms with Crippen molar-refractivity contribution in [1.29, 1.82) is 0 Å². The SMILES string of the molecule is CC(C)N(C(=O)Nc1ccc2[nH]cc(C3CCC4CCCCN4CC3)c2c1)c1ccccc1. The van der Waals surface area contributed by atoms with Gasteiger partial charge in [-0.25, -0.2) is 4.79 Å². The summed E-state index contributed by atoms with van der Waals surface area (Å²) in [6.45, 7) is 6.56. The molecule has 5 nitrogen and oxygen atoms in total. The lowest BCUT2D eigenvalue weighted by atomic mass is 9.90. The van der Waals surface area contributed by atoms with Gasteiger partial charge in [0, 0.05) is 40.6 Å². The summed E-state index contributed by atoms with van der Waals surface area (Å²) in [6, 6.07) is 16.9. The number of rotatable bonds is 4. The Morgan fingerprint density at radius 2 is 1.88 bits per heavy atom. The van der Waals surface area contributed by atoms with Crippen LogP contribution in [0.15, 0.2) is 54.7 Å². The summed E-state index contributed by atoms with van der Waals surface area (Å²) in [6.07, 6.45) is 10.1. The van der Waals surface area contributed by atoms with E-state index in [1.54, 1.807) is 0 Å². The third kappa shape index (κ3) is 4.65. The Morgan fingerprint density at radius 1 is 1.03 bits per heavy atom. The molecule has 2 unspecified atom stereocenters. The van der Waals surface area contributed by atoms with Gasteiger partial charge in [-0.2, -0.15) is 0 Å². The number of fused-ring (bicyclic) bond motifs is 2. The molecular weight excluding hydrogens is 408 g/mol. The third-order valence-corrected chi connectivity index (χ3v) is 7.54. The molecule has 0 saturated carbocycles. The second-order valence-electron chi connectivity index (χ2n) is 9.98. The van der Waals surface area contributed by atoms with E-state index < -0.39 is 0 Å². The van der Waals surface area contributed by atoms with Crippen molar-refractivity contribution in [2.24, 2.45) is 0 Å². The zero-order valence-electron chi connectivity index (χ0n) is 19.9. The lowest BCUT2D eigenvalue weighted by Crippen LogP contribution is -2.40. The molecule has 0 bridgehead atoms. The molecule has 3 aromatic rings. The van der Waals surface area contributed by atoms with Gasteiger partial charge in [0.2, 0.25) is 0 Å². The number of piperidine rings is 1. The van der Waals surface area contributed by atoms with Crippen molar-refractivity contribution in [3.8, 4) is 0 Å². The van der Waals surface area contributed by atoms with E-state index in [-0.39, 0.29) is 12.1 Å². The number of aromatic amines is 1. The van der Waals surface area contributed by atoms with Gasteiger partial charge in [-0.05, 0) is 101 Å². The van der Waals surface area contributed by atoms with Gasteiger partial charge in [0.25, 0.3) is 0 Å². The molecule has 2 N–H and O–H groups in total. The van der Waals surface area contributed by atoms with Crippen molar-refractivity contribution in [2.45, 2.75) is 70.4 Å². The van der Waals surface area contributed by atoms with Crippen LogP contribution in [0.1, 0.15) is 63.9 Å². The molecule has 174 valence electrons. The normalized spacial score (nSPS) is 21.5. The number of aromatic nitrogens is 1. The number of hydrogen-bond donors (Lipinski definition) is 2. The molecule has 1 aromatic heterocycles. The van der Waals surface area contributed by atoms with Gasteiger partial charge in [0.15, 0.2) is 0 Å². The van der Waals surface area contributed by atoms with Crippen LogP contribution >= 0.6 is 0 Å². The van der Waals surface area contributed by atoms with E-state index in [0.29, 0.717) is 5.92 Å². The highest BCUT2D eigenvalue weighted by Gasteiger charge is 2.29. The summed E-state index contributed by atoms with van der Waals surface area (Å²) >= 11 is 0. The molecule has 5 heteroatoms. The number of hydrogen-bond acceptors (Lipinski definition) is 2. The van der Waals surface area contributed by atoms with E-state index in [2.05, 4.69) is 33.5 Å². The maximum absolute atomic E-state index is 13.2. The number of nitrogens with zero attached hydrogens (tertiary/aromatic N) is 2. The van der Waals surface area contributed by atoms with Crippen LogP contribution in [0.3, 0.4) is 0 Å². The molecule has 2 aliphatic rings. The second kappa shape index (κ2) is 9.60. The Bertz CT molecular complexity index is 1070. The van der Waals surface area contributed by atoms with Crippen LogP contribution in [-0.2, 0) is 0 Å². The predicted octanol–water partition coefficient (Wildman–Crippen LogP) is 6.74. The van der Waals surface area contributed by atoms with E-state index in [0.717, 1.165) is 22.9 Å². The first-order valence-electron chi connectivity index (χ1n) is 12.6. The lowest BCUT2D eigenvalue weighted by molar-refractivity contribution is 0.151. The summed E-state index contributed by atoms with van der Waals surface area (Å²) in [4.78, 5) is 21.2. The van der Waals surface area contributed by atoms with E-state index in [4.69, 9.17) is 0 Å². The number of para-hydroxylation sites is 1. The molecule has 2 aromatic carbocycles. The van der Waals surface area contributed by atoms with Gasteiger partial charge in [0.05, 0.1) is 0 Å². The predicted molar refractivity (Wildman–Crippen MR) is 137 cm³/mol. The van der Waals surface area contributed by atoms with Crippen LogP contribution < -0.4 is 10.2 Å². The van der Waals surface area contributed by atoms with Crippen molar-refractivity contribution < 1.29 is 4.79 Å². The second-order valence-corrected chi connectivity index (χ2v) is 9.98. The highest BCUT2D eigenvalue weighted by molar-refractivity contribution is 6.03. The highest BCUT2D eigenvalue weighted by atomic mass is 16.2. The molecular formula is C28H36N4O. The number of carbonyl (C=O) groups is 1. The summed E-state index contributed by atoms with van der Waals surface area (Å²) in [5, 5.41) is 4.40. The topological polar surface area (TPSA) is 51.4 Å². The smallest absolute Gasteiger partial charge is 0.326 e. The van der Waals surface area contributed by atoms with Crippen LogP contribution in [0, 0.1) is 0 Å². The molecule has 2 aliphatic heterocycles.